The zero-order valence-corrected chi connectivity index (χ0v) is 11.9. The molecule has 1 aromatic rings. The molecule has 1 N–H and O–H groups in total. The Morgan fingerprint density at radius 3 is 2.33 bits per heavy atom. The van der Waals surface area contributed by atoms with Gasteiger partial charge in [-0.25, -0.2) is 13.2 Å². The summed E-state index contributed by atoms with van der Waals surface area (Å²) in [7, 11) is -4.53. The zero-order chi connectivity index (χ0) is 16.1. The van der Waals surface area contributed by atoms with E-state index >= 15 is 0 Å². The molecule has 0 radical (unpaired) electrons. The smallest absolute Gasteiger partial charge is 0.423 e. The van der Waals surface area contributed by atoms with Gasteiger partial charge in [-0.1, -0.05) is 37.3 Å². The molecule has 0 aliphatic rings. The van der Waals surface area contributed by atoms with Crippen molar-refractivity contribution in [3.05, 3.63) is 35.9 Å². The van der Waals surface area contributed by atoms with Crippen LogP contribution >= 0.6 is 0 Å². The number of alkyl halides is 3. The molecule has 1 aromatic carbocycles. The zero-order valence-electron chi connectivity index (χ0n) is 11.1. The lowest BCUT2D eigenvalue weighted by atomic mass is 10.2. The van der Waals surface area contributed by atoms with E-state index in [1.807, 2.05) is 0 Å². The molecule has 1 unspecified atom stereocenters. The van der Waals surface area contributed by atoms with Crippen LogP contribution in [-0.4, -0.2) is 31.8 Å². The van der Waals surface area contributed by atoms with Crippen molar-refractivity contribution in [3.8, 4) is 0 Å². The first-order valence-electron chi connectivity index (χ1n) is 5.92. The second kappa shape index (κ2) is 6.79. The SMILES string of the molecule is CCS(=O)(=O)C(NC(=O)OCc1ccccc1)C(F)(F)F. The van der Waals surface area contributed by atoms with E-state index in [0.29, 0.717) is 5.56 Å². The lowest BCUT2D eigenvalue weighted by Crippen LogP contribution is -2.51. The van der Waals surface area contributed by atoms with Gasteiger partial charge < -0.3 is 4.74 Å². The largest absolute Gasteiger partial charge is 0.445 e. The summed E-state index contributed by atoms with van der Waals surface area (Å²) in [6.45, 7) is 0.800. The molecule has 118 valence electrons. The quantitative estimate of drug-likeness (QED) is 0.901. The minimum absolute atomic E-state index is 0.260. The molecule has 0 aliphatic carbocycles. The fourth-order valence-corrected chi connectivity index (χ4v) is 2.43. The van der Waals surface area contributed by atoms with E-state index in [4.69, 9.17) is 0 Å². The van der Waals surface area contributed by atoms with Crippen molar-refractivity contribution in [1.29, 1.82) is 0 Å². The number of halogens is 3. The van der Waals surface area contributed by atoms with Crippen LogP contribution in [0.5, 0.6) is 0 Å². The van der Waals surface area contributed by atoms with Gasteiger partial charge in [-0.05, 0) is 5.56 Å². The number of ether oxygens (including phenoxy) is 1. The Bertz CT molecular complexity index is 572. The Kier molecular flexibility index (Phi) is 5.59. The van der Waals surface area contributed by atoms with E-state index in [-0.39, 0.29) is 6.61 Å². The van der Waals surface area contributed by atoms with E-state index in [2.05, 4.69) is 4.74 Å². The molecule has 1 atom stereocenters. The standard InChI is InChI=1S/C12H14F3NO4S/c1-2-21(18,19)10(12(13,14)15)16-11(17)20-8-9-6-4-3-5-7-9/h3-7,10H,2,8H2,1H3,(H,16,17). The molecule has 1 rings (SSSR count). The number of hydrogen-bond acceptors (Lipinski definition) is 4. The summed E-state index contributed by atoms with van der Waals surface area (Å²) < 4.78 is 65.3. The van der Waals surface area contributed by atoms with Crippen molar-refractivity contribution in [2.24, 2.45) is 0 Å². The molecule has 0 bridgehead atoms. The maximum Gasteiger partial charge on any atom is 0.423 e. The summed E-state index contributed by atoms with van der Waals surface area (Å²) in [6, 6.07) is 8.26. The summed E-state index contributed by atoms with van der Waals surface area (Å²) in [5.74, 6) is -0.754. The van der Waals surface area contributed by atoms with Gasteiger partial charge in [0.25, 0.3) is 0 Å². The van der Waals surface area contributed by atoms with Crippen molar-refractivity contribution < 1.29 is 31.1 Å². The molecule has 0 heterocycles. The summed E-state index contributed by atoms with van der Waals surface area (Å²) in [6.07, 6.45) is -6.56. The van der Waals surface area contributed by atoms with E-state index in [1.54, 1.807) is 30.3 Å². The van der Waals surface area contributed by atoms with Crippen molar-refractivity contribution in [3.63, 3.8) is 0 Å². The van der Waals surface area contributed by atoms with Crippen LogP contribution in [0.2, 0.25) is 0 Å². The third-order valence-electron chi connectivity index (χ3n) is 2.52. The summed E-state index contributed by atoms with van der Waals surface area (Å²) in [5, 5.41) is -1.63. The molecule has 0 fully saturated rings. The van der Waals surface area contributed by atoms with E-state index < -0.39 is 33.2 Å². The Hall–Kier alpha value is -1.77. The molecule has 0 saturated heterocycles. The van der Waals surface area contributed by atoms with Gasteiger partial charge in [0.05, 0.1) is 0 Å². The van der Waals surface area contributed by atoms with Gasteiger partial charge in [0.15, 0.2) is 9.84 Å². The Morgan fingerprint density at radius 2 is 1.86 bits per heavy atom. The first-order valence-corrected chi connectivity index (χ1v) is 7.64. The van der Waals surface area contributed by atoms with Gasteiger partial charge in [0.2, 0.25) is 5.37 Å². The van der Waals surface area contributed by atoms with Gasteiger partial charge >= 0.3 is 12.3 Å². The molecule has 9 heteroatoms. The van der Waals surface area contributed by atoms with Crippen LogP contribution in [0.25, 0.3) is 0 Å². The highest BCUT2D eigenvalue weighted by Crippen LogP contribution is 2.24. The minimum atomic E-state index is -5.11. The third-order valence-corrected chi connectivity index (χ3v) is 4.43. The van der Waals surface area contributed by atoms with Crippen LogP contribution in [-0.2, 0) is 21.2 Å². The third kappa shape index (κ3) is 5.25. The second-order valence-corrected chi connectivity index (χ2v) is 6.45. The summed E-state index contributed by atoms with van der Waals surface area (Å²) in [4.78, 5) is 11.3. The van der Waals surface area contributed by atoms with Gasteiger partial charge in [-0.15, -0.1) is 0 Å². The minimum Gasteiger partial charge on any atom is -0.445 e. The van der Waals surface area contributed by atoms with Crippen molar-refractivity contribution in [2.45, 2.75) is 25.1 Å². The first-order chi connectivity index (χ1) is 9.66. The molecule has 21 heavy (non-hydrogen) atoms. The molecule has 0 aromatic heterocycles. The number of rotatable bonds is 5. The molecule has 5 nitrogen and oxygen atoms in total. The lowest BCUT2D eigenvalue weighted by Gasteiger charge is -2.20. The number of hydrogen-bond donors (Lipinski definition) is 1. The number of nitrogens with one attached hydrogen (secondary N) is 1. The molecule has 1 amide bonds. The highest BCUT2D eigenvalue weighted by atomic mass is 32.2. The van der Waals surface area contributed by atoms with Crippen molar-refractivity contribution in [1.82, 2.24) is 5.32 Å². The highest BCUT2D eigenvalue weighted by molar-refractivity contribution is 7.92. The Balaban J connectivity index is 2.70. The average Bonchev–Trinajstić information content (AvgIpc) is 2.42. The van der Waals surface area contributed by atoms with E-state index in [0.717, 1.165) is 6.92 Å². The van der Waals surface area contributed by atoms with Gasteiger partial charge in [-0.2, -0.15) is 13.2 Å². The number of carbonyl (C=O) groups is 1. The van der Waals surface area contributed by atoms with Crippen LogP contribution in [0, 0.1) is 0 Å². The normalized spacial score (nSPS) is 13.5. The summed E-state index contributed by atoms with van der Waals surface area (Å²) >= 11 is 0. The monoisotopic (exact) mass is 325 g/mol. The van der Waals surface area contributed by atoms with E-state index in [1.165, 1.54) is 5.32 Å². The maximum absolute atomic E-state index is 12.7. The number of sulfone groups is 1. The number of benzene rings is 1. The van der Waals surface area contributed by atoms with Gasteiger partial charge in [0.1, 0.15) is 6.61 Å². The maximum atomic E-state index is 12.7. The lowest BCUT2D eigenvalue weighted by molar-refractivity contribution is -0.135. The molecule has 0 aliphatic heterocycles. The van der Waals surface area contributed by atoms with E-state index in [9.17, 15) is 26.4 Å². The number of amides is 1. The van der Waals surface area contributed by atoms with Crippen LogP contribution in [0.1, 0.15) is 12.5 Å². The molecule has 0 saturated carbocycles. The second-order valence-electron chi connectivity index (χ2n) is 4.08. The predicted molar refractivity (Wildman–Crippen MR) is 69.1 cm³/mol. The van der Waals surface area contributed by atoms with Crippen LogP contribution in [0.4, 0.5) is 18.0 Å². The number of carbonyl (C=O) groups excluding carboxylic acids is 1. The topological polar surface area (TPSA) is 72.5 Å². The van der Waals surface area contributed by atoms with Gasteiger partial charge in [-0.3, -0.25) is 5.32 Å². The van der Waals surface area contributed by atoms with Crippen molar-refractivity contribution in [2.75, 3.05) is 5.75 Å². The molecule has 0 spiro atoms. The van der Waals surface area contributed by atoms with Crippen LogP contribution in [0.3, 0.4) is 0 Å². The summed E-state index contributed by atoms with van der Waals surface area (Å²) in [5.41, 5.74) is 0.564. The Labute approximate surface area is 120 Å². The molecular weight excluding hydrogens is 311 g/mol. The van der Waals surface area contributed by atoms with Crippen LogP contribution < -0.4 is 5.32 Å². The fourth-order valence-electron chi connectivity index (χ4n) is 1.41. The number of alkyl carbamates (subject to hydrolysis) is 1. The van der Waals surface area contributed by atoms with Gasteiger partial charge in [0, 0.05) is 5.75 Å². The molecular formula is C12H14F3NO4S. The van der Waals surface area contributed by atoms with Crippen molar-refractivity contribution >= 4 is 15.9 Å². The Morgan fingerprint density at radius 1 is 1.29 bits per heavy atom. The highest BCUT2D eigenvalue weighted by Gasteiger charge is 2.49. The first kappa shape index (κ1) is 17.3. The predicted octanol–water partition coefficient (Wildman–Crippen LogP) is 2.24. The fraction of sp³-hybridized carbons (Fsp3) is 0.417. The average molecular weight is 325 g/mol. The van der Waals surface area contributed by atoms with Crippen LogP contribution in [0.15, 0.2) is 30.3 Å².